The van der Waals surface area contributed by atoms with E-state index >= 15 is 0 Å². The van der Waals surface area contributed by atoms with Crippen LogP contribution in [0.15, 0.2) is 0 Å². The summed E-state index contributed by atoms with van der Waals surface area (Å²) in [5.74, 6) is -1.83. The Morgan fingerprint density at radius 2 is 1.90 bits per heavy atom. The molecule has 1 saturated heterocycles. The highest BCUT2D eigenvalue weighted by molar-refractivity contribution is 5.92. The van der Waals surface area contributed by atoms with E-state index in [1.807, 2.05) is 4.90 Å². The summed E-state index contributed by atoms with van der Waals surface area (Å²) < 4.78 is 0. The van der Waals surface area contributed by atoms with Crippen LogP contribution in [-0.4, -0.2) is 45.9 Å². The normalized spacial score (nSPS) is 24.2. The Bertz CT molecular complexity index is 427. The summed E-state index contributed by atoms with van der Waals surface area (Å²) in [6.07, 6.45) is 4.49. The molecule has 112 valence electrons. The molecule has 0 bridgehead atoms. The third-order valence-corrected chi connectivity index (χ3v) is 4.27. The standard InChI is InChI=1S/C14H22N2O4/c1-14(2,13(19)20)15-12(18)9-7-11(17)16(8-9)10-5-3-4-6-10/h9-10H,3-8H2,1-2H3,(H,15,18)(H,19,20)/t9-/m1/s1. The first-order valence-electron chi connectivity index (χ1n) is 7.16. The number of carbonyl (C=O) groups is 3. The summed E-state index contributed by atoms with van der Waals surface area (Å²) in [7, 11) is 0. The number of carboxylic acids is 1. The number of hydrogen-bond acceptors (Lipinski definition) is 3. The van der Waals surface area contributed by atoms with E-state index in [4.69, 9.17) is 5.11 Å². The molecule has 1 atom stereocenters. The fourth-order valence-electron chi connectivity index (χ4n) is 2.94. The van der Waals surface area contributed by atoms with Crippen LogP contribution in [0, 0.1) is 5.92 Å². The van der Waals surface area contributed by atoms with Crippen molar-refractivity contribution in [3.05, 3.63) is 0 Å². The molecular formula is C14H22N2O4. The SMILES string of the molecule is CC(C)(NC(=O)[C@@H]1CC(=O)N(C2CCCC2)C1)C(=O)O. The molecule has 2 aliphatic rings. The van der Waals surface area contributed by atoms with Crippen molar-refractivity contribution in [2.75, 3.05) is 6.54 Å². The molecule has 2 N–H and O–H groups in total. The zero-order valence-electron chi connectivity index (χ0n) is 12.0. The summed E-state index contributed by atoms with van der Waals surface area (Å²) in [6.45, 7) is 3.31. The largest absolute Gasteiger partial charge is 0.480 e. The molecule has 0 radical (unpaired) electrons. The number of nitrogens with one attached hydrogen (secondary N) is 1. The van der Waals surface area contributed by atoms with Gasteiger partial charge in [-0.1, -0.05) is 12.8 Å². The summed E-state index contributed by atoms with van der Waals surface area (Å²) in [5.41, 5.74) is -1.30. The molecule has 0 aromatic heterocycles. The van der Waals surface area contributed by atoms with Crippen LogP contribution in [-0.2, 0) is 14.4 Å². The molecule has 6 heteroatoms. The van der Waals surface area contributed by atoms with Gasteiger partial charge in [-0.3, -0.25) is 9.59 Å². The second kappa shape index (κ2) is 5.42. The number of carbonyl (C=O) groups excluding carboxylic acids is 2. The highest BCUT2D eigenvalue weighted by atomic mass is 16.4. The van der Waals surface area contributed by atoms with E-state index in [2.05, 4.69) is 5.32 Å². The molecule has 0 spiro atoms. The van der Waals surface area contributed by atoms with E-state index in [0.29, 0.717) is 6.54 Å². The van der Waals surface area contributed by atoms with Gasteiger partial charge in [0.05, 0.1) is 5.92 Å². The Balaban J connectivity index is 1.96. The van der Waals surface area contributed by atoms with E-state index in [0.717, 1.165) is 25.7 Å². The zero-order valence-corrected chi connectivity index (χ0v) is 12.0. The van der Waals surface area contributed by atoms with Gasteiger partial charge in [0.2, 0.25) is 11.8 Å². The van der Waals surface area contributed by atoms with Gasteiger partial charge >= 0.3 is 5.97 Å². The van der Waals surface area contributed by atoms with Crippen LogP contribution in [0.2, 0.25) is 0 Å². The summed E-state index contributed by atoms with van der Waals surface area (Å²) >= 11 is 0. The van der Waals surface area contributed by atoms with Crippen molar-refractivity contribution in [1.29, 1.82) is 0 Å². The number of rotatable bonds is 4. The van der Waals surface area contributed by atoms with Crippen LogP contribution in [0.5, 0.6) is 0 Å². The molecular weight excluding hydrogens is 260 g/mol. The highest BCUT2D eigenvalue weighted by Crippen LogP contribution is 2.29. The van der Waals surface area contributed by atoms with Gasteiger partial charge in [-0.15, -0.1) is 0 Å². The molecule has 0 aromatic carbocycles. The van der Waals surface area contributed by atoms with Crippen molar-refractivity contribution in [1.82, 2.24) is 10.2 Å². The lowest BCUT2D eigenvalue weighted by Crippen LogP contribution is -2.52. The third kappa shape index (κ3) is 2.94. The Kier molecular flexibility index (Phi) is 4.01. The number of nitrogens with zero attached hydrogens (tertiary/aromatic N) is 1. The second-order valence-corrected chi connectivity index (χ2v) is 6.30. The Hall–Kier alpha value is -1.59. The minimum absolute atomic E-state index is 0.0187. The minimum Gasteiger partial charge on any atom is -0.480 e. The molecule has 0 aromatic rings. The molecule has 20 heavy (non-hydrogen) atoms. The first-order valence-corrected chi connectivity index (χ1v) is 7.16. The molecule has 2 amide bonds. The minimum atomic E-state index is -1.30. The highest BCUT2D eigenvalue weighted by Gasteiger charge is 2.40. The van der Waals surface area contributed by atoms with Crippen molar-refractivity contribution in [3.63, 3.8) is 0 Å². The van der Waals surface area contributed by atoms with E-state index in [1.54, 1.807) is 0 Å². The van der Waals surface area contributed by atoms with Crippen molar-refractivity contribution in [3.8, 4) is 0 Å². The lowest BCUT2D eigenvalue weighted by molar-refractivity contribution is -0.146. The van der Waals surface area contributed by atoms with Crippen LogP contribution in [0.4, 0.5) is 0 Å². The lowest BCUT2D eigenvalue weighted by atomic mass is 10.0. The molecule has 1 aliphatic heterocycles. The van der Waals surface area contributed by atoms with Gasteiger partial charge in [-0.2, -0.15) is 0 Å². The van der Waals surface area contributed by atoms with E-state index in [1.165, 1.54) is 13.8 Å². The predicted octanol–water partition coefficient (Wildman–Crippen LogP) is 0.757. The zero-order chi connectivity index (χ0) is 14.9. The van der Waals surface area contributed by atoms with Crippen LogP contribution < -0.4 is 5.32 Å². The van der Waals surface area contributed by atoms with Crippen molar-refractivity contribution >= 4 is 17.8 Å². The Morgan fingerprint density at radius 1 is 1.30 bits per heavy atom. The van der Waals surface area contributed by atoms with Gasteiger partial charge in [0.25, 0.3) is 0 Å². The monoisotopic (exact) mass is 282 g/mol. The van der Waals surface area contributed by atoms with Gasteiger partial charge in [-0.05, 0) is 26.7 Å². The Labute approximate surface area is 118 Å². The molecule has 2 rings (SSSR count). The van der Waals surface area contributed by atoms with Crippen molar-refractivity contribution < 1.29 is 19.5 Å². The van der Waals surface area contributed by atoms with Gasteiger partial charge in [0, 0.05) is 19.0 Å². The molecule has 1 heterocycles. The van der Waals surface area contributed by atoms with E-state index < -0.39 is 17.4 Å². The quantitative estimate of drug-likeness (QED) is 0.797. The maximum absolute atomic E-state index is 12.1. The summed E-state index contributed by atoms with van der Waals surface area (Å²) in [4.78, 5) is 37.0. The predicted molar refractivity (Wildman–Crippen MR) is 71.9 cm³/mol. The second-order valence-electron chi connectivity index (χ2n) is 6.30. The van der Waals surface area contributed by atoms with E-state index in [9.17, 15) is 14.4 Å². The summed E-state index contributed by atoms with van der Waals surface area (Å²) in [5, 5.41) is 11.5. The van der Waals surface area contributed by atoms with Crippen LogP contribution in [0.1, 0.15) is 46.0 Å². The number of amides is 2. The topological polar surface area (TPSA) is 86.7 Å². The fraction of sp³-hybridized carbons (Fsp3) is 0.786. The number of hydrogen-bond donors (Lipinski definition) is 2. The molecule has 6 nitrogen and oxygen atoms in total. The average molecular weight is 282 g/mol. The smallest absolute Gasteiger partial charge is 0.328 e. The summed E-state index contributed by atoms with van der Waals surface area (Å²) in [6, 6.07) is 0.271. The first kappa shape index (κ1) is 14.8. The molecule has 1 saturated carbocycles. The van der Waals surface area contributed by atoms with Gasteiger partial charge < -0.3 is 15.3 Å². The molecule has 1 aliphatic carbocycles. The van der Waals surface area contributed by atoms with Crippen LogP contribution in [0.3, 0.4) is 0 Å². The van der Waals surface area contributed by atoms with Crippen molar-refractivity contribution in [2.24, 2.45) is 5.92 Å². The maximum Gasteiger partial charge on any atom is 0.328 e. The number of likely N-dealkylation sites (tertiary alicyclic amines) is 1. The number of carboxylic acid groups (broad SMARTS) is 1. The lowest BCUT2D eigenvalue weighted by Gasteiger charge is -2.25. The van der Waals surface area contributed by atoms with Crippen LogP contribution >= 0.6 is 0 Å². The van der Waals surface area contributed by atoms with Gasteiger partial charge in [0.15, 0.2) is 0 Å². The molecule has 0 unspecified atom stereocenters. The van der Waals surface area contributed by atoms with E-state index in [-0.39, 0.29) is 24.3 Å². The third-order valence-electron chi connectivity index (χ3n) is 4.27. The van der Waals surface area contributed by atoms with Crippen LogP contribution in [0.25, 0.3) is 0 Å². The maximum atomic E-state index is 12.1. The average Bonchev–Trinajstić information content (AvgIpc) is 2.96. The van der Waals surface area contributed by atoms with Crippen molar-refractivity contribution in [2.45, 2.75) is 57.5 Å². The first-order chi connectivity index (χ1) is 9.31. The number of aliphatic carboxylic acids is 1. The fourth-order valence-corrected chi connectivity index (χ4v) is 2.94. The molecule has 2 fully saturated rings. The van der Waals surface area contributed by atoms with Gasteiger partial charge in [0.1, 0.15) is 5.54 Å². The van der Waals surface area contributed by atoms with Gasteiger partial charge in [-0.25, -0.2) is 4.79 Å². The Morgan fingerprint density at radius 3 is 2.45 bits per heavy atom.